The van der Waals surface area contributed by atoms with Gasteiger partial charge in [0.1, 0.15) is 0 Å². The molecule has 5 rings (SSSR count). The third kappa shape index (κ3) is 3.06. The molecule has 0 N–H and O–H groups in total. The summed E-state index contributed by atoms with van der Waals surface area (Å²) in [5.41, 5.74) is 2.06. The van der Waals surface area contributed by atoms with Gasteiger partial charge in [0, 0.05) is 25.1 Å². The molecule has 132 valence electrons. The van der Waals surface area contributed by atoms with Gasteiger partial charge in [-0.3, -0.25) is 4.90 Å². The number of para-hydroxylation sites is 1. The van der Waals surface area contributed by atoms with Gasteiger partial charge >= 0.3 is 0 Å². The lowest BCUT2D eigenvalue weighted by atomic mass is 9.98. The van der Waals surface area contributed by atoms with Gasteiger partial charge in [0.2, 0.25) is 5.76 Å². The molecule has 1 atom stereocenters. The zero-order valence-corrected chi connectivity index (χ0v) is 15.1. The highest BCUT2D eigenvalue weighted by molar-refractivity contribution is 7.18. The molecule has 26 heavy (non-hydrogen) atoms. The third-order valence-corrected chi connectivity index (χ3v) is 6.07. The first-order valence-electron chi connectivity index (χ1n) is 8.92. The highest BCUT2D eigenvalue weighted by atomic mass is 32.1. The summed E-state index contributed by atoms with van der Waals surface area (Å²) < 4.78 is 12.1. The summed E-state index contributed by atoms with van der Waals surface area (Å²) in [6.07, 6.45) is 4.03. The second kappa shape index (κ2) is 6.70. The zero-order chi connectivity index (χ0) is 17.3. The van der Waals surface area contributed by atoms with Crippen molar-refractivity contribution in [3.8, 4) is 11.5 Å². The van der Waals surface area contributed by atoms with Crippen LogP contribution in [0.2, 0.25) is 0 Å². The molecule has 1 aliphatic heterocycles. The monoisotopic (exact) mass is 365 g/mol. The van der Waals surface area contributed by atoms with Crippen molar-refractivity contribution in [3.05, 3.63) is 59.4 Å². The summed E-state index contributed by atoms with van der Waals surface area (Å²) in [4.78, 5) is 7.31. The quantitative estimate of drug-likeness (QED) is 0.513. The average molecular weight is 365 g/mol. The fourth-order valence-corrected chi connectivity index (χ4v) is 4.71. The molecule has 1 saturated heterocycles. The molecule has 0 unspecified atom stereocenters. The van der Waals surface area contributed by atoms with Gasteiger partial charge in [-0.15, -0.1) is 11.3 Å². The van der Waals surface area contributed by atoms with Crippen molar-refractivity contribution in [2.45, 2.75) is 25.3 Å². The SMILES string of the molecule is c1coc(-c2cc(CN3CCC[C@H](c4nc5ccccc5s4)C3)no2)c1. The minimum atomic E-state index is 0.498. The molecule has 4 aromatic rings. The van der Waals surface area contributed by atoms with Gasteiger partial charge in [-0.05, 0) is 43.7 Å². The summed E-state index contributed by atoms with van der Waals surface area (Å²) in [5.74, 6) is 1.90. The second-order valence-electron chi connectivity index (χ2n) is 6.75. The van der Waals surface area contributed by atoms with Crippen LogP contribution >= 0.6 is 11.3 Å². The molecule has 3 aromatic heterocycles. The van der Waals surface area contributed by atoms with Crippen LogP contribution in [0.15, 0.2) is 57.7 Å². The Balaban J connectivity index is 1.30. The Labute approximate surface area is 155 Å². The van der Waals surface area contributed by atoms with E-state index in [1.54, 1.807) is 6.26 Å². The minimum absolute atomic E-state index is 0.498. The molecule has 1 fully saturated rings. The number of fused-ring (bicyclic) bond motifs is 1. The Morgan fingerprint density at radius 2 is 2.12 bits per heavy atom. The van der Waals surface area contributed by atoms with Gasteiger partial charge < -0.3 is 8.94 Å². The Hall–Kier alpha value is -2.44. The highest BCUT2D eigenvalue weighted by Gasteiger charge is 2.25. The Morgan fingerprint density at radius 1 is 1.15 bits per heavy atom. The van der Waals surface area contributed by atoms with Crippen molar-refractivity contribution < 1.29 is 8.94 Å². The third-order valence-electron chi connectivity index (χ3n) is 4.87. The van der Waals surface area contributed by atoms with E-state index < -0.39 is 0 Å². The van der Waals surface area contributed by atoms with Gasteiger partial charge in [-0.1, -0.05) is 17.3 Å². The van der Waals surface area contributed by atoms with Crippen molar-refractivity contribution in [1.29, 1.82) is 0 Å². The maximum absolute atomic E-state index is 5.42. The van der Waals surface area contributed by atoms with E-state index in [1.807, 2.05) is 29.5 Å². The van der Waals surface area contributed by atoms with Crippen molar-refractivity contribution >= 4 is 21.6 Å². The first-order valence-corrected chi connectivity index (χ1v) is 9.74. The maximum atomic E-state index is 5.42. The molecule has 6 heteroatoms. The Morgan fingerprint density at radius 3 is 3.00 bits per heavy atom. The number of hydrogen-bond acceptors (Lipinski definition) is 6. The van der Waals surface area contributed by atoms with Crippen LogP contribution < -0.4 is 0 Å². The largest absolute Gasteiger partial charge is 0.461 e. The van der Waals surface area contributed by atoms with E-state index in [4.69, 9.17) is 13.9 Å². The van der Waals surface area contributed by atoms with Crippen molar-refractivity contribution in [2.24, 2.45) is 0 Å². The molecular formula is C20H19N3O2S. The first kappa shape index (κ1) is 15.8. The number of hydrogen-bond donors (Lipinski definition) is 0. The van der Waals surface area contributed by atoms with E-state index in [2.05, 4.69) is 34.3 Å². The summed E-state index contributed by atoms with van der Waals surface area (Å²) >= 11 is 1.83. The predicted octanol–water partition coefficient (Wildman–Crippen LogP) is 4.92. The number of thiazole rings is 1. The summed E-state index contributed by atoms with van der Waals surface area (Å²) in [6, 6.07) is 14.1. The standard InChI is InChI=1S/C20H19N3O2S/c1-2-8-19-16(6-1)21-20(26-19)14-5-3-9-23(12-14)13-15-11-18(25-22-15)17-7-4-10-24-17/h1-2,4,6-8,10-11,14H,3,5,9,12-13H2/t14-/m0/s1. The maximum Gasteiger partial charge on any atom is 0.202 e. The number of aromatic nitrogens is 2. The smallest absolute Gasteiger partial charge is 0.202 e. The molecule has 5 nitrogen and oxygen atoms in total. The van der Waals surface area contributed by atoms with Gasteiger partial charge in [0.15, 0.2) is 5.76 Å². The van der Waals surface area contributed by atoms with E-state index in [-0.39, 0.29) is 0 Å². The lowest BCUT2D eigenvalue weighted by Gasteiger charge is -2.31. The van der Waals surface area contributed by atoms with Gasteiger partial charge in [-0.25, -0.2) is 4.98 Å². The molecule has 1 aliphatic rings. The minimum Gasteiger partial charge on any atom is -0.461 e. The Kier molecular flexibility index (Phi) is 4.07. The molecule has 0 amide bonds. The molecule has 0 bridgehead atoms. The van der Waals surface area contributed by atoms with E-state index >= 15 is 0 Å². The Bertz CT molecular complexity index is 972. The van der Waals surface area contributed by atoms with Crippen LogP contribution in [0.1, 0.15) is 29.5 Å². The van der Waals surface area contributed by atoms with Gasteiger partial charge in [0.05, 0.1) is 27.2 Å². The summed E-state index contributed by atoms with van der Waals surface area (Å²) in [6.45, 7) is 2.90. The van der Waals surface area contributed by atoms with Crippen LogP contribution in [0.4, 0.5) is 0 Å². The highest BCUT2D eigenvalue weighted by Crippen LogP contribution is 2.33. The molecule has 0 spiro atoms. The van der Waals surface area contributed by atoms with E-state index in [9.17, 15) is 0 Å². The molecule has 0 saturated carbocycles. The number of rotatable bonds is 4. The number of piperidine rings is 1. The van der Waals surface area contributed by atoms with Crippen molar-refractivity contribution in [2.75, 3.05) is 13.1 Å². The number of nitrogens with zero attached hydrogens (tertiary/aromatic N) is 3. The summed E-state index contributed by atoms with van der Waals surface area (Å²) in [5, 5.41) is 5.47. The van der Waals surface area contributed by atoms with E-state index in [1.165, 1.54) is 22.5 Å². The second-order valence-corrected chi connectivity index (χ2v) is 7.82. The lowest BCUT2D eigenvalue weighted by molar-refractivity contribution is 0.195. The number of likely N-dealkylation sites (tertiary alicyclic amines) is 1. The van der Waals surface area contributed by atoms with Crippen LogP contribution in [0.5, 0.6) is 0 Å². The first-order chi connectivity index (χ1) is 12.8. The molecular weight excluding hydrogens is 346 g/mol. The number of furan rings is 1. The summed E-state index contributed by atoms with van der Waals surface area (Å²) in [7, 11) is 0. The van der Waals surface area contributed by atoms with Crippen molar-refractivity contribution in [1.82, 2.24) is 15.0 Å². The van der Waals surface area contributed by atoms with E-state index in [0.717, 1.165) is 36.6 Å². The lowest BCUT2D eigenvalue weighted by Crippen LogP contribution is -2.33. The fourth-order valence-electron chi connectivity index (χ4n) is 3.62. The van der Waals surface area contributed by atoms with Crippen molar-refractivity contribution in [3.63, 3.8) is 0 Å². The van der Waals surface area contributed by atoms with Gasteiger partial charge in [0.25, 0.3) is 0 Å². The van der Waals surface area contributed by atoms with Crippen LogP contribution in [-0.4, -0.2) is 28.1 Å². The van der Waals surface area contributed by atoms with E-state index in [0.29, 0.717) is 11.7 Å². The van der Waals surface area contributed by atoms with Crippen LogP contribution in [-0.2, 0) is 6.54 Å². The normalized spacial score (nSPS) is 18.5. The average Bonchev–Trinajstić information content (AvgIpc) is 3.41. The molecule has 0 aliphatic carbocycles. The molecule has 4 heterocycles. The molecule has 0 radical (unpaired) electrons. The molecule has 1 aromatic carbocycles. The van der Waals surface area contributed by atoms with Crippen LogP contribution in [0, 0.1) is 0 Å². The number of benzene rings is 1. The van der Waals surface area contributed by atoms with Gasteiger partial charge in [-0.2, -0.15) is 0 Å². The van der Waals surface area contributed by atoms with Crippen LogP contribution in [0.3, 0.4) is 0 Å². The van der Waals surface area contributed by atoms with Crippen LogP contribution in [0.25, 0.3) is 21.7 Å². The fraction of sp³-hybridized carbons (Fsp3) is 0.300. The zero-order valence-electron chi connectivity index (χ0n) is 14.3. The topological polar surface area (TPSA) is 55.3 Å². The predicted molar refractivity (Wildman–Crippen MR) is 101 cm³/mol.